The molecule has 12 heteroatoms. The van der Waals surface area contributed by atoms with E-state index in [0.717, 1.165) is 10.5 Å². The molecular weight excluding hydrogens is 382 g/mol. The van der Waals surface area contributed by atoms with Gasteiger partial charge in [-0.2, -0.15) is 9.78 Å². The maximum Gasteiger partial charge on any atom is 0.293 e. The van der Waals surface area contributed by atoms with Gasteiger partial charge in [0.2, 0.25) is 11.6 Å². The van der Waals surface area contributed by atoms with Gasteiger partial charge in [-0.05, 0) is 48.4 Å². The maximum absolute atomic E-state index is 12.6. The molecule has 0 fully saturated rings. The number of rotatable bonds is 7. The van der Waals surface area contributed by atoms with Crippen LogP contribution >= 0.6 is 11.8 Å². The zero-order valence-corrected chi connectivity index (χ0v) is 16.3. The third-order valence-electron chi connectivity index (χ3n) is 3.64. The Hall–Kier alpha value is -3.25. The van der Waals surface area contributed by atoms with Crippen molar-refractivity contribution in [3.05, 3.63) is 41.2 Å². The van der Waals surface area contributed by atoms with Crippen LogP contribution in [0.25, 0.3) is 5.82 Å². The average Bonchev–Trinajstić information content (AvgIpc) is 3.27. The Bertz CT molecular complexity index is 978. The van der Waals surface area contributed by atoms with Crippen LogP contribution in [0.5, 0.6) is 0 Å². The Morgan fingerprint density at radius 2 is 2.11 bits per heavy atom. The van der Waals surface area contributed by atoms with Gasteiger partial charge in [0.1, 0.15) is 0 Å². The molecule has 0 unspecified atom stereocenters. The molecule has 3 aromatic rings. The van der Waals surface area contributed by atoms with Gasteiger partial charge in [0, 0.05) is 11.4 Å². The van der Waals surface area contributed by atoms with Crippen molar-refractivity contribution in [2.45, 2.75) is 11.4 Å². The lowest BCUT2D eigenvalue weighted by Crippen LogP contribution is -2.23. The Balaban J connectivity index is 1.79. The Morgan fingerprint density at radius 3 is 2.71 bits per heavy atom. The second-order valence-electron chi connectivity index (χ2n) is 5.98. The van der Waals surface area contributed by atoms with Crippen LogP contribution in [-0.2, 0) is 6.54 Å². The quantitative estimate of drug-likeness (QED) is 0.334. The van der Waals surface area contributed by atoms with E-state index in [1.165, 1.54) is 4.68 Å². The van der Waals surface area contributed by atoms with Gasteiger partial charge in [-0.25, -0.2) is 10.1 Å². The van der Waals surface area contributed by atoms with Crippen molar-refractivity contribution in [2.75, 3.05) is 26.1 Å². The molecule has 2 heterocycles. The molecule has 1 amide bonds. The third-order valence-corrected chi connectivity index (χ3v) is 4.38. The van der Waals surface area contributed by atoms with Crippen molar-refractivity contribution < 1.29 is 9.42 Å². The molecule has 0 spiro atoms. The molecule has 2 aromatic heterocycles. The van der Waals surface area contributed by atoms with Gasteiger partial charge in [-0.1, -0.05) is 17.3 Å². The number of nitrogen functional groups attached to an aromatic ring is 1. The van der Waals surface area contributed by atoms with E-state index in [1.54, 1.807) is 18.0 Å². The molecule has 0 aliphatic heterocycles. The average molecular weight is 401 g/mol. The highest BCUT2D eigenvalue weighted by atomic mass is 32.2. The van der Waals surface area contributed by atoms with Crippen molar-refractivity contribution in [1.29, 1.82) is 0 Å². The first-order valence-electron chi connectivity index (χ1n) is 8.14. The fourth-order valence-corrected chi connectivity index (χ4v) is 2.74. The molecule has 11 nitrogen and oxygen atoms in total. The largest absolute Gasteiger partial charge is 0.378 e. The van der Waals surface area contributed by atoms with E-state index >= 15 is 0 Å². The van der Waals surface area contributed by atoms with Crippen molar-refractivity contribution in [1.82, 2.24) is 35.6 Å². The summed E-state index contributed by atoms with van der Waals surface area (Å²) in [5.41, 5.74) is 9.63. The molecule has 0 bridgehead atoms. The van der Waals surface area contributed by atoms with Crippen LogP contribution < -0.4 is 11.2 Å². The van der Waals surface area contributed by atoms with Crippen LogP contribution in [0.3, 0.4) is 0 Å². The van der Waals surface area contributed by atoms with Crippen molar-refractivity contribution >= 4 is 29.7 Å². The summed E-state index contributed by atoms with van der Waals surface area (Å²) in [5, 5.41) is 19.1. The van der Waals surface area contributed by atoms with E-state index in [9.17, 15) is 4.79 Å². The zero-order valence-electron chi connectivity index (χ0n) is 15.5. The van der Waals surface area contributed by atoms with Gasteiger partial charge in [0.25, 0.3) is 5.91 Å². The van der Waals surface area contributed by atoms with E-state index in [4.69, 9.17) is 5.73 Å². The molecule has 1 aromatic carbocycles. The van der Waals surface area contributed by atoms with E-state index in [2.05, 4.69) is 35.8 Å². The number of hydrazone groups is 1. The predicted molar refractivity (Wildman–Crippen MR) is 104 cm³/mol. The number of anilines is 1. The number of hydrogen-bond donors (Lipinski definition) is 2. The normalized spacial score (nSPS) is 11.4. The van der Waals surface area contributed by atoms with Gasteiger partial charge >= 0.3 is 0 Å². The van der Waals surface area contributed by atoms with Crippen LogP contribution in [0, 0.1) is 0 Å². The molecule has 28 heavy (non-hydrogen) atoms. The van der Waals surface area contributed by atoms with E-state index in [-0.39, 0.29) is 17.3 Å². The summed E-state index contributed by atoms with van der Waals surface area (Å²) >= 11 is 1.65. The molecular formula is C16H19N9O2S. The zero-order chi connectivity index (χ0) is 20.1. The lowest BCUT2D eigenvalue weighted by Gasteiger charge is -2.11. The standard InChI is InChI=1S/C16H19N9O2S/c1-24(2)9-12-13(19-23-25(12)15-14(17)21-27-22-15)16(26)20-18-8-10-4-6-11(28-3)7-5-10/h4-8H,9H2,1-3H3,(H2,17,21)(H,20,26). The lowest BCUT2D eigenvalue weighted by atomic mass is 10.2. The van der Waals surface area contributed by atoms with Crippen LogP contribution in [0.2, 0.25) is 0 Å². The number of nitrogens with one attached hydrogen (secondary N) is 1. The first-order valence-corrected chi connectivity index (χ1v) is 9.37. The highest BCUT2D eigenvalue weighted by molar-refractivity contribution is 7.98. The van der Waals surface area contributed by atoms with E-state index in [1.807, 2.05) is 49.5 Å². The summed E-state index contributed by atoms with van der Waals surface area (Å²) in [6.07, 6.45) is 3.56. The molecule has 0 saturated carbocycles. The summed E-state index contributed by atoms with van der Waals surface area (Å²) in [6, 6.07) is 7.78. The van der Waals surface area contributed by atoms with Gasteiger partial charge in [-0.3, -0.25) is 4.79 Å². The smallest absolute Gasteiger partial charge is 0.293 e. The number of carbonyl (C=O) groups excluding carboxylic acids is 1. The molecule has 0 aliphatic rings. The number of nitrogens with two attached hydrogens (primary N) is 1. The topological polar surface area (TPSA) is 140 Å². The summed E-state index contributed by atoms with van der Waals surface area (Å²) in [6.45, 7) is 0.363. The summed E-state index contributed by atoms with van der Waals surface area (Å²) in [5.74, 6) is -0.292. The van der Waals surface area contributed by atoms with Gasteiger partial charge in [0.15, 0.2) is 5.69 Å². The monoisotopic (exact) mass is 401 g/mol. The van der Waals surface area contributed by atoms with E-state index in [0.29, 0.717) is 12.2 Å². The van der Waals surface area contributed by atoms with Crippen molar-refractivity contribution in [2.24, 2.45) is 5.10 Å². The number of amides is 1. The minimum absolute atomic E-state index is 0.0450. The Labute approximate surface area is 164 Å². The second kappa shape index (κ2) is 8.63. The van der Waals surface area contributed by atoms with Gasteiger partial charge in [0.05, 0.1) is 11.9 Å². The molecule has 0 radical (unpaired) electrons. The SMILES string of the molecule is CSc1ccc(C=NNC(=O)c2nnn(-c3nonc3N)c2CN(C)C)cc1. The number of benzene rings is 1. The minimum Gasteiger partial charge on any atom is -0.378 e. The predicted octanol–water partition coefficient (Wildman–Crippen LogP) is 0.780. The number of aromatic nitrogens is 5. The minimum atomic E-state index is -0.505. The lowest BCUT2D eigenvalue weighted by molar-refractivity contribution is 0.0948. The summed E-state index contributed by atoms with van der Waals surface area (Å²) in [4.78, 5) is 15.6. The van der Waals surface area contributed by atoms with Gasteiger partial charge in [-0.15, -0.1) is 16.9 Å². The first kappa shape index (κ1) is 19.5. The fourth-order valence-electron chi connectivity index (χ4n) is 2.34. The fraction of sp³-hybridized carbons (Fsp3) is 0.250. The number of carbonyl (C=O) groups is 1. The highest BCUT2D eigenvalue weighted by Crippen LogP contribution is 2.17. The number of thioether (sulfide) groups is 1. The first-order chi connectivity index (χ1) is 13.5. The second-order valence-corrected chi connectivity index (χ2v) is 6.86. The Kier molecular flexibility index (Phi) is 6.01. The molecule has 0 saturated heterocycles. The van der Waals surface area contributed by atoms with Crippen LogP contribution in [0.4, 0.5) is 5.82 Å². The molecule has 3 N–H and O–H groups in total. The van der Waals surface area contributed by atoms with E-state index < -0.39 is 5.91 Å². The molecule has 0 aliphatic carbocycles. The molecule has 3 rings (SSSR count). The van der Waals surface area contributed by atoms with Crippen molar-refractivity contribution in [3.63, 3.8) is 0 Å². The summed E-state index contributed by atoms with van der Waals surface area (Å²) < 4.78 is 5.93. The highest BCUT2D eigenvalue weighted by Gasteiger charge is 2.24. The third kappa shape index (κ3) is 4.35. The van der Waals surface area contributed by atoms with Crippen LogP contribution in [0.15, 0.2) is 38.9 Å². The number of hydrogen-bond acceptors (Lipinski definition) is 10. The van der Waals surface area contributed by atoms with Gasteiger partial charge < -0.3 is 10.6 Å². The number of nitrogens with zero attached hydrogens (tertiary/aromatic N) is 7. The van der Waals surface area contributed by atoms with Crippen LogP contribution in [0.1, 0.15) is 21.7 Å². The molecule has 146 valence electrons. The van der Waals surface area contributed by atoms with Crippen LogP contribution in [-0.4, -0.2) is 62.7 Å². The Morgan fingerprint density at radius 1 is 1.36 bits per heavy atom. The summed E-state index contributed by atoms with van der Waals surface area (Å²) in [7, 11) is 3.69. The van der Waals surface area contributed by atoms with Crippen molar-refractivity contribution in [3.8, 4) is 5.82 Å². The maximum atomic E-state index is 12.6. The molecule has 0 atom stereocenters.